The standard InChI is InChI=1S/C21H29FN4O3/c1-14(2)26-13-16(11-19(26)27)21(29)25-9-7-24(8-10-25)15(3)20(28)23-18-6-4-5-17(22)12-18/h4-6,12,14-16H,7-11,13H2,1-3H3,(H,23,28). The van der Waals surface area contributed by atoms with E-state index in [1.165, 1.54) is 12.1 Å². The van der Waals surface area contributed by atoms with Gasteiger partial charge in [0.2, 0.25) is 17.7 Å². The van der Waals surface area contributed by atoms with E-state index in [1.54, 1.807) is 21.9 Å². The second-order valence-corrected chi connectivity index (χ2v) is 8.08. The first-order valence-corrected chi connectivity index (χ1v) is 10.1. The van der Waals surface area contributed by atoms with Crippen molar-refractivity contribution < 1.29 is 18.8 Å². The number of piperazine rings is 1. The van der Waals surface area contributed by atoms with E-state index in [0.29, 0.717) is 38.4 Å². The van der Waals surface area contributed by atoms with Crippen LogP contribution in [0.5, 0.6) is 0 Å². The van der Waals surface area contributed by atoms with Crippen molar-refractivity contribution in [3.05, 3.63) is 30.1 Å². The minimum Gasteiger partial charge on any atom is -0.340 e. The molecular weight excluding hydrogens is 375 g/mol. The summed E-state index contributed by atoms with van der Waals surface area (Å²) in [5.41, 5.74) is 0.427. The molecule has 29 heavy (non-hydrogen) atoms. The summed E-state index contributed by atoms with van der Waals surface area (Å²) in [5, 5.41) is 2.73. The number of benzene rings is 1. The molecule has 7 nitrogen and oxygen atoms in total. The second kappa shape index (κ2) is 8.90. The smallest absolute Gasteiger partial charge is 0.241 e. The lowest BCUT2D eigenvalue weighted by Gasteiger charge is -2.38. The Hall–Kier alpha value is -2.48. The maximum absolute atomic E-state index is 13.3. The quantitative estimate of drug-likeness (QED) is 0.808. The third kappa shape index (κ3) is 4.93. The molecule has 3 amide bonds. The van der Waals surface area contributed by atoms with Crippen molar-refractivity contribution in [2.45, 2.75) is 39.3 Å². The van der Waals surface area contributed by atoms with Crippen molar-refractivity contribution in [1.82, 2.24) is 14.7 Å². The van der Waals surface area contributed by atoms with Crippen molar-refractivity contribution in [1.29, 1.82) is 0 Å². The Morgan fingerprint density at radius 1 is 1.14 bits per heavy atom. The fraction of sp³-hybridized carbons (Fsp3) is 0.571. The first-order chi connectivity index (χ1) is 13.8. The Kier molecular flexibility index (Phi) is 6.52. The number of hydrogen-bond donors (Lipinski definition) is 1. The van der Waals surface area contributed by atoms with E-state index in [1.807, 2.05) is 25.7 Å². The van der Waals surface area contributed by atoms with Gasteiger partial charge in [0.25, 0.3) is 0 Å². The van der Waals surface area contributed by atoms with Crippen LogP contribution < -0.4 is 5.32 Å². The molecule has 3 rings (SSSR count). The normalized spacial score (nSPS) is 21.6. The monoisotopic (exact) mass is 404 g/mol. The van der Waals surface area contributed by atoms with E-state index in [9.17, 15) is 18.8 Å². The number of anilines is 1. The molecule has 1 N–H and O–H groups in total. The Morgan fingerprint density at radius 3 is 2.41 bits per heavy atom. The summed E-state index contributed by atoms with van der Waals surface area (Å²) in [6.45, 7) is 8.44. The lowest BCUT2D eigenvalue weighted by molar-refractivity contribution is -0.138. The van der Waals surface area contributed by atoms with E-state index >= 15 is 0 Å². The average molecular weight is 404 g/mol. The van der Waals surface area contributed by atoms with Gasteiger partial charge in [-0.05, 0) is 39.0 Å². The molecule has 2 unspecified atom stereocenters. The number of halogens is 1. The number of carbonyl (C=O) groups excluding carboxylic acids is 3. The largest absolute Gasteiger partial charge is 0.340 e. The van der Waals surface area contributed by atoms with Crippen LogP contribution in [0.15, 0.2) is 24.3 Å². The predicted molar refractivity (Wildman–Crippen MR) is 108 cm³/mol. The SMILES string of the molecule is CC(C(=O)Nc1cccc(F)c1)N1CCN(C(=O)C2CC(=O)N(C(C)C)C2)CC1. The molecule has 0 aliphatic carbocycles. The van der Waals surface area contributed by atoms with Gasteiger partial charge in [0, 0.05) is 50.9 Å². The second-order valence-electron chi connectivity index (χ2n) is 8.08. The summed E-state index contributed by atoms with van der Waals surface area (Å²) in [7, 11) is 0. The van der Waals surface area contributed by atoms with Crippen LogP contribution in [0.25, 0.3) is 0 Å². The van der Waals surface area contributed by atoms with Crippen molar-refractivity contribution in [2.75, 3.05) is 38.0 Å². The molecule has 0 aromatic heterocycles. The Labute approximate surface area is 170 Å². The van der Waals surface area contributed by atoms with Crippen molar-refractivity contribution in [3.63, 3.8) is 0 Å². The number of likely N-dealkylation sites (tertiary alicyclic amines) is 1. The molecule has 0 spiro atoms. The zero-order valence-corrected chi connectivity index (χ0v) is 17.2. The Bertz CT molecular complexity index is 777. The molecule has 2 heterocycles. The van der Waals surface area contributed by atoms with Gasteiger partial charge in [-0.15, -0.1) is 0 Å². The van der Waals surface area contributed by atoms with Gasteiger partial charge in [-0.2, -0.15) is 0 Å². The highest BCUT2D eigenvalue weighted by molar-refractivity contribution is 5.94. The van der Waals surface area contributed by atoms with Crippen molar-refractivity contribution in [3.8, 4) is 0 Å². The maximum Gasteiger partial charge on any atom is 0.241 e. The molecular formula is C21H29FN4O3. The third-order valence-electron chi connectivity index (χ3n) is 5.78. The highest BCUT2D eigenvalue weighted by Crippen LogP contribution is 2.23. The molecule has 0 saturated carbocycles. The van der Waals surface area contributed by atoms with Crippen LogP contribution in [0, 0.1) is 11.7 Å². The van der Waals surface area contributed by atoms with E-state index in [0.717, 1.165) is 0 Å². The topological polar surface area (TPSA) is 73.0 Å². The van der Waals surface area contributed by atoms with Crippen LogP contribution in [0.3, 0.4) is 0 Å². The molecule has 0 radical (unpaired) electrons. The molecule has 2 aliphatic heterocycles. The minimum atomic E-state index is -0.399. The zero-order valence-electron chi connectivity index (χ0n) is 17.2. The molecule has 2 atom stereocenters. The number of amides is 3. The molecule has 2 fully saturated rings. The Morgan fingerprint density at radius 2 is 1.83 bits per heavy atom. The van der Waals surface area contributed by atoms with Crippen LogP contribution in [-0.2, 0) is 14.4 Å². The van der Waals surface area contributed by atoms with E-state index < -0.39 is 5.82 Å². The van der Waals surface area contributed by atoms with Gasteiger partial charge in [-0.25, -0.2) is 4.39 Å². The fourth-order valence-electron chi connectivity index (χ4n) is 3.96. The highest BCUT2D eigenvalue weighted by atomic mass is 19.1. The summed E-state index contributed by atoms with van der Waals surface area (Å²) < 4.78 is 13.3. The number of carbonyl (C=O) groups is 3. The summed E-state index contributed by atoms with van der Waals surface area (Å²) in [4.78, 5) is 43.0. The molecule has 8 heteroatoms. The molecule has 1 aromatic rings. The van der Waals surface area contributed by atoms with E-state index in [-0.39, 0.29) is 42.1 Å². The Balaban J connectivity index is 1.50. The maximum atomic E-state index is 13.3. The molecule has 2 aliphatic rings. The van der Waals surface area contributed by atoms with E-state index in [2.05, 4.69) is 5.32 Å². The van der Waals surface area contributed by atoms with Gasteiger partial charge in [0.15, 0.2) is 0 Å². The number of hydrogen-bond acceptors (Lipinski definition) is 4. The minimum absolute atomic E-state index is 0.0259. The molecule has 2 saturated heterocycles. The van der Waals surface area contributed by atoms with Crippen LogP contribution in [0.4, 0.5) is 10.1 Å². The lowest BCUT2D eigenvalue weighted by Crippen LogP contribution is -2.55. The van der Waals surface area contributed by atoms with Crippen LogP contribution in [0.2, 0.25) is 0 Å². The highest BCUT2D eigenvalue weighted by Gasteiger charge is 2.38. The molecule has 158 valence electrons. The van der Waals surface area contributed by atoms with Crippen LogP contribution in [0.1, 0.15) is 27.2 Å². The summed E-state index contributed by atoms with van der Waals surface area (Å²) in [6, 6.07) is 5.52. The number of nitrogens with zero attached hydrogens (tertiary/aromatic N) is 3. The summed E-state index contributed by atoms with van der Waals surface area (Å²) in [6.07, 6.45) is 0.281. The van der Waals surface area contributed by atoms with Crippen molar-refractivity contribution >= 4 is 23.4 Å². The zero-order chi connectivity index (χ0) is 21.1. The van der Waals surface area contributed by atoms with Gasteiger partial charge in [-0.3, -0.25) is 19.3 Å². The molecule has 0 bridgehead atoms. The van der Waals surface area contributed by atoms with Gasteiger partial charge >= 0.3 is 0 Å². The van der Waals surface area contributed by atoms with Crippen molar-refractivity contribution in [2.24, 2.45) is 5.92 Å². The third-order valence-corrected chi connectivity index (χ3v) is 5.78. The number of rotatable bonds is 5. The van der Waals surface area contributed by atoms with E-state index in [4.69, 9.17) is 0 Å². The van der Waals surface area contributed by atoms with Gasteiger partial charge in [0.05, 0.1) is 12.0 Å². The van der Waals surface area contributed by atoms with Gasteiger partial charge in [0.1, 0.15) is 5.82 Å². The number of nitrogens with one attached hydrogen (secondary N) is 1. The first-order valence-electron chi connectivity index (χ1n) is 10.1. The molecule has 1 aromatic carbocycles. The van der Waals surface area contributed by atoms with Crippen LogP contribution >= 0.6 is 0 Å². The van der Waals surface area contributed by atoms with Crippen LogP contribution in [-0.4, -0.2) is 77.2 Å². The predicted octanol–water partition coefficient (Wildman–Crippen LogP) is 1.55. The first kappa shape index (κ1) is 21.2. The lowest BCUT2D eigenvalue weighted by atomic mass is 10.1. The van der Waals surface area contributed by atoms with Gasteiger partial charge in [-0.1, -0.05) is 6.07 Å². The summed E-state index contributed by atoms with van der Waals surface area (Å²) in [5.74, 6) is -0.809. The summed E-state index contributed by atoms with van der Waals surface area (Å²) >= 11 is 0. The average Bonchev–Trinajstić information content (AvgIpc) is 3.09. The van der Waals surface area contributed by atoms with Gasteiger partial charge < -0.3 is 15.1 Å². The fourth-order valence-corrected chi connectivity index (χ4v) is 3.96.